The topological polar surface area (TPSA) is 99.0 Å². The molecule has 2 aliphatic rings. The summed E-state index contributed by atoms with van der Waals surface area (Å²) in [7, 11) is 3.89. The molecule has 0 aliphatic carbocycles. The number of hydrogen-bond acceptors (Lipinski definition) is 6. The first-order valence-corrected chi connectivity index (χ1v) is 11.9. The van der Waals surface area contributed by atoms with Crippen molar-refractivity contribution in [3.8, 4) is 11.5 Å². The number of aromatic amines is 1. The van der Waals surface area contributed by atoms with E-state index in [4.69, 9.17) is 9.47 Å². The molecular weight excluding hydrogens is 460 g/mol. The largest absolute Gasteiger partial charge is 0.507 e. The Balaban J connectivity index is 1.53. The maximum Gasteiger partial charge on any atom is 0.295 e. The Morgan fingerprint density at radius 3 is 2.56 bits per heavy atom. The van der Waals surface area contributed by atoms with Gasteiger partial charge < -0.3 is 24.4 Å². The highest BCUT2D eigenvalue weighted by molar-refractivity contribution is 6.46. The minimum Gasteiger partial charge on any atom is -0.507 e. The molecule has 0 bridgehead atoms. The van der Waals surface area contributed by atoms with Crippen LogP contribution in [0.1, 0.15) is 23.6 Å². The van der Waals surface area contributed by atoms with Crippen molar-refractivity contribution in [1.29, 1.82) is 0 Å². The monoisotopic (exact) mass is 489 g/mol. The van der Waals surface area contributed by atoms with Crippen molar-refractivity contribution < 1.29 is 28.7 Å². The Bertz CT molecular complexity index is 1300. The third-order valence-corrected chi connectivity index (χ3v) is 6.50. The molecule has 2 aromatic carbocycles. The number of imidazole rings is 1. The van der Waals surface area contributed by atoms with Crippen LogP contribution in [0.2, 0.25) is 0 Å². The van der Waals surface area contributed by atoms with E-state index in [1.807, 2.05) is 66.5 Å². The van der Waals surface area contributed by atoms with Gasteiger partial charge >= 0.3 is 0 Å². The molecule has 186 valence electrons. The molecule has 36 heavy (non-hydrogen) atoms. The lowest BCUT2D eigenvalue weighted by Crippen LogP contribution is -2.36. The van der Waals surface area contributed by atoms with Gasteiger partial charge in [0.05, 0.1) is 18.2 Å². The summed E-state index contributed by atoms with van der Waals surface area (Å²) >= 11 is 0. The average molecular weight is 490 g/mol. The van der Waals surface area contributed by atoms with Crippen molar-refractivity contribution in [2.24, 2.45) is 0 Å². The molecular formula is C27H29N4O5+. The summed E-state index contributed by atoms with van der Waals surface area (Å²) in [4.78, 5) is 33.0. The number of anilines is 1. The van der Waals surface area contributed by atoms with Gasteiger partial charge in [0.2, 0.25) is 6.33 Å². The quantitative estimate of drug-likeness (QED) is 0.229. The van der Waals surface area contributed by atoms with Crippen LogP contribution in [0, 0.1) is 0 Å². The summed E-state index contributed by atoms with van der Waals surface area (Å²) in [6, 6.07) is 12.0. The molecule has 1 amide bonds. The second-order valence-corrected chi connectivity index (χ2v) is 9.04. The van der Waals surface area contributed by atoms with Crippen LogP contribution in [-0.2, 0) is 16.1 Å². The molecule has 1 fully saturated rings. The summed E-state index contributed by atoms with van der Waals surface area (Å²) in [6.45, 7) is 1.90. The summed E-state index contributed by atoms with van der Waals surface area (Å²) in [5.74, 6) is -0.464. The number of fused-ring (bicyclic) bond motifs is 1. The summed E-state index contributed by atoms with van der Waals surface area (Å²) in [6.07, 6.45) is 6.22. The fraction of sp³-hybridized carbons (Fsp3) is 0.296. The number of aromatic nitrogens is 2. The van der Waals surface area contributed by atoms with E-state index in [9.17, 15) is 14.7 Å². The molecule has 2 N–H and O–H groups in total. The minimum absolute atomic E-state index is 0.0728. The lowest BCUT2D eigenvalue weighted by molar-refractivity contribution is -0.695. The van der Waals surface area contributed by atoms with Gasteiger partial charge in [-0.2, -0.15) is 0 Å². The van der Waals surface area contributed by atoms with Crippen LogP contribution in [0.15, 0.2) is 66.8 Å². The number of Topliss-reactive ketones (excluding diaryl/α,β-unsaturated/α-hetero) is 1. The Morgan fingerprint density at radius 1 is 1.11 bits per heavy atom. The van der Waals surface area contributed by atoms with Gasteiger partial charge in [0.1, 0.15) is 31.4 Å². The number of likely N-dealkylation sites (tertiary alicyclic amines) is 1. The molecule has 9 nitrogen and oxygen atoms in total. The SMILES string of the molecule is CN(C)c1ccc(C2C(=C(O)c3ccc4c(c3)OCCO4)C(=O)C(=O)N2CCC[n+]2cc[nH]c2)cc1. The Labute approximate surface area is 209 Å². The first kappa shape index (κ1) is 23.5. The maximum absolute atomic E-state index is 13.3. The first-order chi connectivity index (χ1) is 17.4. The van der Waals surface area contributed by atoms with Crippen LogP contribution >= 0.6 is 0 Å². The van der Waals surface area contributed by atoms with Crippen molar-refractivity contribution >= 4 is 23.1 Å². The van der Waals surface area contributed by atoms with E-state index in [1.165, 1.54) is 0 Å². The zero-order valence-corrected chi connectivity index (χ0v) is 20.3. The molecule has 1 atom stereocenters. The van der Waals surface area contributed by atoms with Crippen molar-refractivity contribution in [3.63, 3.8) is 0 Å². The molecule has 5 rings (SSSR count). The molecule has 9 heteroatoms. The van der Waals surface area contributed by atoms with Crippen LogP contribution in [0.5, 0.6) is 11.5 Å². The van der Waals surface area contributed by atoms with Crippen LogP contribution in [0.25, 0.3) is 5.76 Å². The van der Waals surface area contributed by atoms with Crippen LogP contribution in [0.3, 0.4) is 0 Å². The minimum atomic E-state index is -0.703. The molecule has 0 radical (unpaired) electrons. The number of carbonyl (C=O) groups excluding carboxylic acids is 2. The average Bonchev–Trinajstić information content (AvgIpc) is 3.50. The zero-order chi connectivity index (χ0) is 25.2. The Kier molecular flexibility index (Phi) is 6.37. The summed E-state index contributed by atoms with van der Waals surface area (Å²) in [5.41, 5.74) is 2.22. The number of ketones is 1. The predicted molar refractivity (Wildman–Crippen MR) is 133 cm³/mol. The van der Waals surface area contributed by atoms with Crippen molar-refractivity contribution in [2.45, 2.75) is 19.0 Å². The van der Waals surface area contributed by atoms with Crippen LogP contribution < -0.4 is 18.9 Å². The number of benzene rings is 2. The van der Waals surface area contributed by atoms with E-state index >= 15 is 0 Å². The summed E-state index contributed by atoms with van der Waals surface area (Å²) in [5, 5.41) is 11.3. The molecule has 1 aromatic heterocycles. The number of aliphatic hydroxyl groups is 1. The number of aliphatic hydroxyl groups excluding tert-OH is 1. The van der Waals surface area contributed by atoms with Gasteiger partial charge in [-0.05, 0) is 35.9 Å². The predicted octanol–water partition coefficient (Wildman–Crippen LogP) is 2.65. The van der Waals surface area contributed by atoms with Gasteiger partial charge in [-0.15, -0.1) is 0 Å². The highest BCUT2D eigenvalue weighted by atomic mass is 16.6. The van der Waals surface area contributed by atoms with Gasteiger partial charge in [0.15, 0.2) is 11.5 Å². The van der Waals surface area contributed by atoms with E-state index in [2.05, 4.69) is 4.98 Å². The summed E-state index contributed by atoms with van der Waals surface area (Å²) < 4.78 is 13.2. The van der Waals surface area contributed by atoms with Crippen LogP contribution in [0.4, 0.5) is 5.69 Å². The number of amides is 1. The Morgan fingerprint density at radius 2 is 1.86 bits per heavy atom. The number of carbonyl (C=O) groups is 2. The fourth-order valence-corrected chi connectivity index (χ4v) is 4.64. The molecule has 3 heterocycles. The van der Waals surface area contributed by atoms with Gasteiger partial charge in [-0.1, -0.05) is 12.1 Å². The number of rotatable bonds is 7. The molecule has 0 saturated carbocycles. The van der Waals surface area contributed by atoms with Gasteiger partial charge in [-0.25, -0.2) is 4.57 Å². The van der Waals surface area contributed by atoms with E-state index in [0.717, 1.165) is 11.3 Å². The number of ether oxygens (including phenoxy) is 2. The number of nitrogens with zero attached hydrogens (tertiary/aromatic N) is 3. The molecule has 0 spiro atoms. The normalized spacial score (nSPS) is 18.5. The number of aryl methyl sites for hydroxylation is 1. The fourth-order valence-electron chi connectivity index (χ4n) is 4.64. The van der Waals surface area contributed by atoms with Gasteiger partial charge in [-0.3, -0.25) is 14.6 Å². The second-order valence-electron chi connectivity index (χ2n) is 9.04. The molecule has 1 saturated heterocycles. The lowest BCUT2D eigenvalue weighted by atomic mass is 9.95. The Hall–Kier alpha value is -4.27. The number of H-pyrrole nitrogens is 1. The number of hydrogen-bond donors (Lipinski definition) is 2. The standard InChI is InChI=1S/C27H28N4O5/c1-29(2)20-7-4-18(5-8-20)24-23(25(32)19-6-9-21-22(16-19)36-15-14-35-21)26(33)27(34)31(24)12-3-11-30-13-10-28-17-30/h4-10,13,16-17,24H,3,11-12,14-15H2,1-2H3,(H,32,33)/p+1. The van der Waals surface area contributed by atoms with E-state index in [1.54, 1.807) is 23.1 Å². The molecule has 1 unspecified atom stereocenters. The van der Waals surface area contributed by atoms with E-state index in [0.29, 0.717) is 49.8 Å². The third kappa shape index (κ3) is 4.39. The van der Waals surface area contributed by atoms with Gasteiger partial charge in [0.25, 0.3) is 11.7 Å². The maximum atomic E-state index is 13.3. The molecule has 3 aromatic rings. The highest BCUT2D eigenvalue weighted by Crippen LogP contribution is 2.41. The van der Waals surface area contributed by atoms with Crippen molar-refractivity contribution in [3.05, 3.63) is 77.9 Å². The highest BCUT2D eigenvalue weighted by Gasteiger charge is 2.46. The smallest absolute Gasteiger partial charge is 0.295 e. The van der Waals surface area contributed by atoms with Gasteiger partial charge in [0, 0.05) is 38.3 Å². The van der Waals surface area contributed by atoms with Crippen molar-refractivity contribution in [1.82, 2.24) is 9.88 Å². The zero-order valence-electron chi connectivity index (χ0n) is 20.3. The molecule has 2 aliphatic heterocycles. The van der Waals surface area contributed by atoms with E-state index in [-0.39, 0.29) is 11.3 Å². The van der Waals surface area contributed by atoms with Crippen LogP contribution in [-0.4, -0.2) is 60.5 Å². The lowest BCUT2D eigenvalue weighted by Gasteiger charge is -2.26. The van der Waals surface area contributed by atoms with E-state index < -0.39 is 17.7 Å². The third-order valence-electron chi connectivity index (χ3n) is 6.50. The number of nitrogens with one attached hydrogen (secondary N) is 1. The second kappa shape index (κ2) is 9.77. The first-order valence-electron chi connectivity index (χ1n) is 11.9. The van der Waals surface area contributed by atoms with Crippen molar-refractivity contribution in [2.75, 3.05) is 38.8 Å².